The second-order valence-electron chi connectivity index (χ2n) is 6.63. The molecule has 0 spiro atoms. The highest BCUT2D eigenvalue weighted by molar-refractivity contribution is 7.15. The summed E-state index contributed by atoms with van der Waals surface area (Å²) in [5.41, 5.74) is 4.71. The zero-order chi connectivity index (χ0) is 20.9. The van der Waals surface area contributed by atoms with E-state index in [4.69, 9.17) is 0 Å². The maximum atomic E-state index is 12.8. The van der Waals surface area contributed by atoms with Crippen LogP contribution in [0.15, 0.2) is 71.4 Å². The molecule has 0 aliphatic heterocycles. The van der Waals surface area contributed by atoms with Crippen LogP contribution in [0, 0.1) is 0 Å². The molecule has 4 aromatic rings. The van der Waals surface area contributed by atoms with Crippen molar-refractivity contribution in [2.24, 2.45) is 0 Å². The number of aromatic nitrogens is 1. The summed E-state index contributed by atoms with van der Waals surface area (Å²) in [6, 6.07) is 19.7. The van der Waals surface area contributed by atoms with E-state index in [2.05, 4.69) is 15.6 Å². The van der Waals surface area contributed by atoms with E-state index in [9.17, 15) is 9.59 Å². The van der Waals surface area contributed by atoms with Gasteiger partial charge in [-0.3, -0.25) is 14.9 Å². The van der Waals surface area contributed by atoms with E-state index in [-0.39, 0.29) is 11.8 Å². The van der Waals surface area contributed by atoms with Crippen molar-refractivity contribution in [2.75, 3.05) is 5.32 Å². The number of hydrogen-bond donors (Lipinski definition) is 2. The summed E-state index contributed by atoms with van der Waals surface area (Å²) in [5.74, 6) is -0.212. The molecule has 2 heterocycles. The van der Waals surface area contributed by atoms with Gasteiger partial charge in [0, 0.05) is 30.0 Å². The molecule has 2 N–H and O–H groups in total. The van der Waals surface area contributed by atoms with E-state index < -0.39 is 0 Å². The van der Waals surface area contributed by atoms with E-state index in [1.807, 2.05) is 71.4 Å². The first-order valence-electron chi connectivity index (χ1n) is 9.33. The summed E-state index contributed by atoms with van der Waals surface area (Å²) in [5, 5.41) is 10.1. The van der Waals surface area contributed by atoms with Crippen LogP contribution in [0.1, 0.15) is 22.2 Å². The lowest BCUT2D eigenvalue weighted by Gasteiger charge is -2.04. The fraction of sp³-hybridized carbons (Fsp3) is 0.0870. The Bertz CT molecular complexity index is 1160. The van der Waals surface area contributed by atoms with Gasteiger partial charge in [0.05, 0.1) is 5.69 Å². The smallest absolute Gasteiger partial charge is 0.268 e. The van der Waals surface area contributed by atoms with Crippen molar-refractivity contribution >= 4 is 39.6 Å². The maximum Gasteiger partial charge on any atom is 0.268 e. The summed E-state index contributed by atoms with van der Waals surface area (Å²) < 4.78 is 0. The molecule has 4 rings (SSSR count). The van der Waals surface area contributed by atoms with Crippen molar-refractivity contribution in [3.8, 4) is 22.4 Å². The molecule has 2 amide bonds. The van der Waals surface area contributed by atoms with Crippen molar-refractivity contribution < 1.29 is 9.59 Å². The third-order valence-electron chi connectivity index (χ3n) is 4.47. The number of benzene rings is 2. The van der Waals surface area contributed by atoms with E-state index >= 15 is 0 Å². The molecule has 0 saturated carbocycles. The summed E-state index contributed by atoms with van der Waals surface area (Å²) >= 11 is 2.81. The van der Waals surface area contributed by atoms with Crippen molar-refractivity contribution in [1.29, 1.82) is 0 Å². The Morgan fingerprint density at radius 2 is 1.70 bits per heavy atom. The fourth-order valence-electron chi connectivity index (χ4n) is 2.97. The van der Waals surface area contributed by atoms with Gasteiger partial charge in [-0.2, -0.15) is 0 Å². The van der Waals surface area contributed by atoms with Crippen LogP contribution in [0.25, 0.3) is 22.4 Å². The number of carbonyl (C=O) groups is 2. The molecule has 0 radical (unpaired) electrons. The van der Waals surface area contributed by atoms with Gasteiger partial charge in [-0.25, -0.2) is 4.98 Å². The minimum Gasteiger partial charge on any atom is -0.352 e. The number of nitrogens with zero attached hydrogens (tertiary/aromatic N) is 1. The number of carbonyl (C=O) groups excluding carboxylic acids is 2. The highest BCUT2D eigenvalue weighted by Gasteiger charge is 2.16. The van der Waals surface area contributed by atoms with Gasteiger partial charge in [-0.05, 0) is 22.6 Å². The van der Waals surface area contributed by atoms with E-state index in [1.54, 1.807) is 0 Å². The Kier molecular flexibility index (Phi) is 6.02. The molecular weight excluding hydrogens is 414 g/mol. The third kappa shape index (κ3) is 4.64. The van der Waals surface area contributed by atoms with Crippen LogP contribution >= 0.6 is 22.7 Å². The predicted molar refractivity (Wildman–Crippen MR) is 123 cm³/mol. The van der Waals surface area contributed by atoms with E-state index in [0.29, 0.717) is 16.6 Å². The molecule has 0 bridgehead atoms. The SMILES string of the molecule is CC(=O)NCc1ccc(-c2csc(NC(=O)c3sccc3-c3ccccc3)n2)cc1. The van der Waals surface area contributed by atoms with Crippen LogP contribution < -0.4 is 10.6 Å². The van der Waals surface area contributed by atoms with Crippen molar-refractivity contribution in [3.05, 3.63) is 81.9 Å². The number of anilines is 1. The molecule has 0 aliphatic rings. The number of hydrogen-bond acceptors (Lipinski definition) is 5. The first kappa shape index (κ1) is 20.0. The molecule has 7 heteroatoms. The zero-order valence-electron chi connectivity index (χ0n) is 16.2. The molecule has 0 atom stereocenters. The van der Waals surface area contributed by atoms with Gasteiger partial charge in [0.2, 0.25) is 5.91 Å². The van der Waals surface area contributed by atoms with Crippen LogP contribution in [-0.2, 0) is 11.3 Å². The van der Waals surface area contributed by atoms with Crippen LogP contribution in [0.5, 0.6) is 0 Å². The molecule has 2 aromatic heterocycles. The lowest BCUT2D eigenvalue weighted by atomic mass is 10.1. The Morgan fingerprint density at radius 3 is 2.43 bits per heavy atom. The first-order valence-corrected chi connectivity index (χ1v) is 11.1. The molecular formula is C23H19N3O2S2. The standard InChI is InChI=1S/C23H19N3O2S2/c1-15(27)24-13-16-7-9-18(10-8-16)20-14-30-23(25-20)26-22(28)21-19(11-12-29-21)17-5-3-2-4-6-17/h2-12,14H,13H2,1H3,(H,24,27)(H,25,26,28). The first-order chi connectivity index (χ1) is 14.6. The Morgan fingerprint density at radius 1 is 0.933 bits per heavy atom. The normalized spacial score (nSPS) is 10.6. The predicted octanol–water partition coefficient (Wildman–Crippen LogP) is 5.43. The van der Waals surface area contributed by atoms with Gasteiger partial charge in [0.15, 0.2) is 5.13 Å². The average molecular weight is 434 g/mol. The summed E-state index contributed by atoms with van der Waals surface area (Å²) in [6.45, 7) is 2.00. The molecule has 0 fully saturated rings. The van der Waals surface area contributed by atoms with Gasteiger partial charge in [0.25, 0.3) is 5.91 Å². The monoisotopic (exact) mass is 433 g/mol. The van der Waals surface area contributed by atoms with E-state index in [1.165, 1.54) is 29.6 Å². The Hall–Kier alpha value is -3.29. The van der Waals surface area contributed by atoms with Gasteiger partial charge >= 0.3 is 0 Å². The van der Waals surface area contributed by atoms with Crippen LogP contribution in [-0.4, -0.2) is 16.8 Å². The molecule has 0 saturated heterocycles. The number of thiophene rings is 1. The van der Waals surface area contributed by atoms with Crippen molar-refractivity contribution in [3.63, 3.8) is 0 Å². The number of rotatable bonds is 6. The fourth-order valence-corrected chi connectivity index (χ4v) is 4.49. The van der Waals surface area contributed by atoms with Gasteiger partial charge < -0.3 is 5.32 Å². The summed E-state index contributed by atoms with van der Waals surface area (Å²) in [4.78, 5) is 29.1. The minimum atomic E-state index is -0.157. The number of nitrogens with one attached hydrogen (secondary N) is 2. The van der Waals surface area contributed by atoms with Crippen LogP contribution in [0.3, 0.4) is 0 Å². The largest absolute Gasteiger partial charge is 0.352 e. The van der Waals surface area contributed by atoms with Gasteiger partial charge in [0.1, 0.15) is 4.88 Å². The van der Waals surface area contributed by atoms with E-state index in [0.717, 1.165) is 27.9 Å². The summed E-state index contributed by atoms with van der Waals surface area (Å²) in [7, 11) is 0. The molecule has 0 aliphatic carbocycles. The quantitative estimate of drug-likeness (QED) is 0.426. The van der Waals surface area contributed by atoms with Gasteiger partial charge in [-0.1, -0.05) is 54.6 Å². The average Bonchev–Trinajstić information content (AvgIpc) is 3.43. The van der Waals surface area contributed by atoms with Crippen LogP contribution in [0.2, 0.25) is 0 Å². The highest BCUT2D eigenvalue weighted by Crippen LogP contribution is 2.30. The zero-order valence-corrected chi connectivity index (χ0v) is 17.8. The van der Waals surface area contributed by atoms with Crippen LogP contribution in [0.4, 0.5) is 5.13 Å². The highest BCUT2D eigenvalue weighted by atomic mass is 32.1. The summed E-state index contributed by atoms with van der Waals surface area (Å²) in [6.07, 6.45) is 0. The minimum absolute atomic E-state index is 0.0554. The molecule has 0 unspecified atom stereocenters. The third-order valence-corrected chi connectivity index (χ3v) is 6.14. The lowest BCUT2D eigenvalue weighted by Crippen LogP contribution is -2.18. The lowest BCUT2D eigenvalue weighted by molar-refractivity contribution is -0.119. The Balaban J connectivity index is 1.46. The second kappa shape index (κ2) is 9.02. The van der Waals surface area contributed by atoms with Gasteiger partial charge in [-0.15, -0.1) is 22.7 Å². The molecule has 150 valence electrons. The number of thiazole rings is 1. The van der Waals surface area contributed by atoms with Crippen molar-refractivity contribution in [2.45, 2.75) is 13.5 Å². The Labute approximate surface area is 182 Å². The van der Waals surface area contributed by atoms with Crippen molar-refractivity contribution in [1.82, 2.24) is 10.3 Å². The second-order valence-corrected chi connectivity index (χ2v) is 8.40. The molecule has 5 nitrogen and oxygen atoms in total. The number of amides is 2. The maximum absolute atomic E-state index is 12.8. The topological polar surface area (TPSA) is 71.1 Å². The molecule has 2 aromatic carbocycles. The molecule has 30 heavy (non-hydrogen) atoms.